The van der Waals surface area contributed by atoms with E-state index in [1.165, 1.54) is 0 Å². The Morgan fingerprint density at radius 2 is 1.64 bits per heavy atom. The highest BCUT2D eigenvalue weighted by Gasteiger charge is 2.16. The van der Waals surface area contributed by atoms with Crippen LogP contribution in [0.5, 0.6) is 0 Å². The van der Waals surface area contributed by atoms with Gasteiger partial charge in [0, 0.05) is 0 Å². The van der Waals surface area contributed by atoms with E-state index in [-0.39, 0.29) is 0 Å². The third kappa shape index (κ3) is 4.37. The summed E-state index contributed by atoms with van der Waals surface area (Å²) in [6.07, 6.45) is 2.34. The largest absolute Gasteiger partial charge is 0.373 e. The van der Waals surface area contributed by atoms with Gasteiger partial charge in [-0.3, -0.25) is 0 Å². The highest BCUT2D eigenvalue weighted by atomic mass is 32.2. The first-order valence-corrected chi connectivity index (χ1v) is 5.74. The molecule has 0 aliphatic carbocycles. The molecule has 1 atom stereocenters. The fourth-order valence-corrected chi connectivity index (χ4v) is 2.33. The predicted octanol–water partition coefficient (Wildman–Crippen LogP) is 0.600. The first-order valence-electron chi connectivity index (χ1n) is 3.92. The summed E-state index contributed by atoms with van der Waals surface area (Å²) in [5.41, 5.74) is 0. The molecule has 2 rings (SSSR count). The van der Waals surface area contributed by atoms with Gasteiger partial charge in [-0.05, 0) is 19.8 Å². The maximum atomic E-state index is 10.4. The average Bonchev–Trinajstić information content (AvgIpc) is 2.57. The van der Waals surface area contributed by atoms with Gasteiger partial charge in [-0.2, -0.15) is 0 Å². The number of rotatable bonds is 0. The van der Waals surface area contributed by atoms with Gasteiger partial charge in [0.2, 0.25) is 0 Å². The summed E-state index contributed by atoms with van der Waals surface area (Å²) < 4.78 is 25.6. The average molecular weight is 178 g/mol. The van der Waals surface area contributed by atoms with Crippen molar-refractivity contribution in [1.82, 2.24) is 0 Å². The molecule has 2 heterocycles. The Balaban J connectivity index is 0.000000128. The van der Waals surface area contributed by atoms with E-state index >= 15 is 0 Å². The second kappa shape index (κ2) is 3.54. The van der Waals surface area contributed by atoms with Gasteiger partial charge in [0.05, 0.1) is 24.2 Å². The predicted molar refractivity (Wildman–Crippen MR) is 43.3 cm³/mol. The summed E-state index contributed by atoms with van der Waals surface area (Å²) in [6, 6.07) is 0. The lowest BCUT2D eigenvalue weighted by Crippen LogP contribution is -1.98. The fourth-order valence-electron chi connectivity index (χ4n) is 0.842. The zero-order valence-electron chi connectivity index (χ0n) is 6.75. The van der Waals surface area contributed by atoms with E-state index in [9.17, 15) is 8.42 Å². The van der Waals surface area contributed by atoms with Gasteiger partial charge >= 0.3 is 0 Å². The molecule has 2 aliphatic rings. The Bertz CT molecular complexity index is 192. The summed E-state index contributed by atoms with van der Waals surface area (Å²) in [5, 5.41) is 0. The molecular weight excluding hydrogens is 164 g/mol. The molecule has 0 aromatic rings. The molecule has 66 valence electrons. The number of hydrogen-bond donors (Lipinski definition) is 0. The highest BCUT2D eigenvalue weighted by Crippen LogP contribution is 2.08. The standard InChI is InChI=1S/C4H8O2S.C3H6O/c5-7(6)3-1-2-4-7;1-3-2-4-3/h1-4H2;3H,2H2,1H3. The van der Waals surface area contributed by atoms with Gasteiger partial charge in [0.1, 0.15) is 9.84 Å². The SMILES string of the molecule is CC1CO1.O=S1(=O)CCCC1. The van der Waals surface area contributed by atoms with Crippen LogP contribution in [0.4, 0.5) is 0 Å². The quantitative estimate of drug-likeness (QED) is 0.510. The Morgan fingerprint density at radius 3 is 1.73 bits per heavy atom. The molecule has 0 bridgehead atoms. The van der Waals surface area contributed by atoms with Crippen molar-refractivity contribution in [3.05, 3.63) is 0 Å². The van der Waals surface area contributed by atoms with E-state index in [1.54, 1.807) is 0 Å². The van der Waals surface area contributed by atoms with Crippen LogP contribution in [0, 0.1) is 0 Å². The van der Waals surface area contributed by atoms with Gasteiger partial charge in [-0.1, -0.05) is 0 Å². The molecular formula is C7H14O3S. The van der Waals surface area contributed by atoms with Crippen LogP contribution in [0.15, 0.2) is 0 Å². The Labute approximate surface area is 67.7 Å². The lowest BCUT2D eigenvalue weighted by atomic mass is 10.4. The van der Waals surface area contributed by atoms with Gasteiger partial charge in [0.15, 0.2) is 0 Å². The Morgan fingerprint density at radius 1 is 1.27 bits per heavy atom. The Kier molecular flexibility index (Phi) is 2.90. The van der Waals surface area contributed by atoms with E-state index in [4.69, 9.17) is 4.74 Å². The first kappa shape index (κ1) is 9.00. The summed E-state index contributed by atoms with van der Waals surface area (Å²) in [5.74, 6) is 0.847. The van der Waals surface area contributed by atoms with Crippen molar-refractivity contribution >= 4 is 9.84 Å². The van der Waals surface area contributed by atoms with Crippen molar-refractivity contribution in [2.24, 2.45) is 0 Å². The topological polar surface area (TPSA) is 46.7 Å². The number of ether oxygens (including phenoxy) is 1. The number of sulfone groups is 1. The maximum absolute atomic E-state index is 10.4. The third-order valence-corrected chi connectivity index (χ3v) is 3.48. The molecule has 2 saturated heterocycles. The van der Waals surface area contributed by atoms with Crippen LogP contribution in [-0.2, 0) is 14.6 Å². The molecule has 0 saturated carbocycles. The zero-order valence-corrected chi connectivity index (χ0v) is 7.56. The molecule has 0 amide bonds. The smallest absolute Gasteiger partial charge is 0.150 e. The molecule has 0 aromatic heterocycles. The van der Waals surface area contributed by atoms with Gasteiger partial charge in [0.25, 0.3) is 0 Å². The Hall–Kier alpha value is -0.0900. The van der Waals surface area contributed by atoms with Gasteiger partial charge in [-0.25, -0.2) is 8.42 Å². The number of epoxide rings is 1. The van der Waals surface area contributed by atoms with Crippen LogP contribution in [0.3, 0.4) is 0 Å². The summed E-state index contributed by atoms with van der Waals surface area (Å²) in [7, 11) is -2.55. The highest BCUT2D eigenvalue weighted by molar-refractivity contribution is 7.91. The zero-order chi connectivity index (χ0) is 8.32. The molecule has 4 heteroatoms. The van der Waals surface area contributed by atoms with E-state index < -0.39 is 9.84 Å². The van der Waals surface area contributed by atoms with Crippen LogP contribution < -0.4 is 0 Å². The monoisotopic (exact) mass is 178 g/mol. The van der Waals surface area contributed by atoms with Crippen molar-refractivity contribution < 1.29 is 13.2 Å². The summed E-state index contributed by atoms with van der Waals surface area (Å²) in [4.78, 5) is 0. The lowest BCUT2D eigenvalue weighted by molar-refractivity contribution is 0.423. The van der Waals surface area contributed by atoms with Crippen LogP contribution in [0.1, 0.15) is 19.8 Å². The van der Waals surface area contributed by atoms with Gasteiger partial charge in [-0.15, -0.1) is 0 Å². The molecule has 2 aliphatic heterocycles. The van der Waals surface area contributed by atoms with Crippen molar-refractivity contribution in [1.29, 1.82) is 0 Å². The maximum Gasteiger partial charge on any atom is 0.150 e. The summed E-state index contributed by atoms with van der Waals surface area (Å²) in [6.45, 7) is 3.04. The molecule has 0 radical (unpaired) electrons. The van der Waals surface area contributed by atoms with Crippen molar-refractivity contribution in [2.45, 2.75) is 25.9 Å². The van der Waals surface area contributed by atoms with Crippen LogP contribution >= 0.6 is 0 Å². The van der Waals surface area contributed by atoms with Crippen molar-refractivity contribution in [3.8, 4) is 0 Å². The lowest BCUT2D eigenvalue weighted by Gasteiger charge is -1.81. The molecule has 0 aromatic carbocycles. The molecule has 1 unspecified atom stereocenters. The fraction of sp³-hybridized carbons (Fsp3) is 1.00. The minimum atomic E-state index is -2.55. The summed E-state index contributed by atoms with van der Waals surface area (Å²) >= 11 is 0. The van der Waals surface area contributed by atoms with Crippen molar-refractivity contribution in [3.63, 3.8) is 0 Å². The normalized spacial score (nSPS) is 32.3. The minimum Gasteiger partial charge on any atom is -0.373 e. The molecule has 0 N–H and O–H groups in total. The first-order chi connectivity index (χ1) is 5.10. The molecule has 3 nitrogen and oxygen atoms in total. The minimum absolute atomic E-state index is 0.424. The second-order valence-corrected chi connectivity index (χ2v) is 5.31. The van der Waals surface area contributed by atoms with Crippen LogP contribution in [0.25, 0.3) is 0 Å². The van der Waals surface area contributed by atoms with E-state index in [2.05, 4.69) is 6.92 Å². The van der Waals surface area contributed by atoms with Crippen LogP contribution in [-0.4, -0.2) is 32.6 Å². The molecule has 11 heavy (non-hydrogen) atoms. The third-order valence-electron chi connectivity index (χ3n) is 1.66. The van der Waals surface area contributed by atoms with E-state index in [0.717, 1.165) is 19.4 Å². The van der Waals surface area contributed by atoms with E-state index in [0.29, 0.717) is 17.6 Å². The molecule has 0 spiro atoms. The van der Waals surface area contributed by atoms with Gasteiger partial charge < -0.3 is 4.74 Å². The molecule has 2 fully saturated rings. The van der Waals surface area contributed by atoms with Crippen LogP contribution in [0.2, 0.25) is 0 Å². The van der Waals surface area contributed by atoms with Crippen molar-refractivity contribution in [2.75, 3.05) is 18.1 Å². The number of hydrogen-bond acceptors (Lipinski definition) is 3. The van der Waals surface area contributed by atoms with E-state index in [1.807, 2.05) is 0 Å². The second-order valence-electron chi connectivity index (χ2n) is 3.00.